The predicted octanol–water partition coefficient (Wildman–Crippen LogP) is 21.4. The first-order valence-electron chi connectivity index (χ1n) is 37.5. The summed E-state index contributed by atoms with van der Waals surface area (Å²) in [4.78, 5) is 58.3. The minimum atomic E-state index is -4.92. The van der Waals surface area contributed by atoms with Gasteiger partial charge in [-0.3, -0.25) is 32.5 Å². The number of ether oxygens (including phenoxy) is 3. The number of unbranched alkanes of at least 4 members (excludes halogenated alkanes) is 32. The summed E-state index contributed by atoms with van der Waals surface area (Å²) < 4.78 is 60.9. The summed E-state index contributed by atoms with van der Waals surface area (Å²) in [7, 11) is -9.77. The van der Waals surface area contributed by atoms with Crippen LogP contribution in [-0.4, -0.2) is 95.9 Å². The minimum absolute atomic E-state index is 0.0922. The summed E-state index contributed by atoms with van der Waals surface area (Å²) in [5.41, 5.74) is 0. The first-order valence-corrected chi connectivity index (χ1v) is 40.5. The highest BCUT2D eigenvalue weighted by atomic mass is 31.2. The van der Waals surface area contributed by atoms with Crippen molar-refractivity contribution in [2.45, 2.75) is 334 Å². The van der Waals surface area contributed by atoms with E-state index in [0.29, 0.717) is 19.3 Å². The Morgan fingerprint density at radius 2 is 0.568 bits per heavy atom. The van der Waals surface area contributed by atoms with Crippen molar-refractivity contribution >= 4 is 33.6 Å². The maximum atomic E-state index is 12.9. The van der Waals surface area contributed by atoms with Crippen LogP contribution in [0.5, 0.6) is 0 Å². The average molecular weight is 1380 g/mol. The summed E-state index contributed by atoms with van der Waals surface area (Å²) in [5.74, 6) is -1.59. The van der Waals surface area contributed by atoms with E-state index in [1.54, 1.807) is 0 Å². The van der Waals surface area contributed by atoms with Gasteiger partial charge in [-0.15, -0.1) is 0 Å². The molecule has 0 aliphatic rings. The van der Waals surface area contributed by atoms with Crippen LogP contribution in [0.3, 0.4) is 0 Å². The number of hydrogen-bond acceptors (Lipinski definition) is 14. The smallest absolute Gasteiger partial charge is 0.463 e. The molecule has 5 atom stereocenters. The third-order valence-corrected chi connectivity index (χ3v) is 17.7. The summed E-state index contributed by atoms with van der Waals surface area (Å²) in [6.07, 6.45) is 79.2. The fraction of sp³-hybridized carbons (Fsp3) is 0.753. The van der Waals surface area contributed by atoms with Gasteiger partial charge in [-0.05, 0) is 116 Å². The summed E-state index contributed by atoms with van der Waals surface area (Å²) >= 11 is 0. The standard InChI is InChI=1S/C77H136O16P2/c1-4-7-10-13-16-19-22-24-26-27-28-29-30-31-32-33-34-35-36-37-38-39-40-41-42-43-45-47-49-51-54-57-60-63-75(80)87-66-72(78)67-89-94(83,84)90-68-73(79)69-91-95(85,86)92-71-74(93-77(82)65-62-59-56-53-48-21-18-15-12-9-6-3)70-88-76(81)64-61-58-55-52-50-46-44-25-23-20-17-14-11-8-5-2/h7,10,15-20,24-26,28-29,31-32,44,72-74,78-79H,4-6,8-9,11-14,21-23,27,30,33-43,45-71H2,1-3H3,(H,83,84)(H,85,86)/b10-7-,18-15-,19-16-,20-17-,26-24-,29-28-,32-31-,44-25-. The molecular weight excluding hydrogens is 1240 g/mol. The quantitative estimate of drug-likeness (QED) is 0.0146. The first kappa shape index (κ1) is 91.5. The maximum Gasteiger partial charge on any atom is 0.472 e. The van der Waals surface area contributed by atoms with Gasteiger partial charge in [0.1, 0.15) is 25.4 Å². The van der Waals surface area contributed by atoms with Crippen LogP contribution in [-0.2, 0) is 55.8 Å². The zero-order valence-electron chi connectivity index (χ0n) is 59.8. The Labute approximate surface area is 578 Å². The van der Waals surface area contributed by atoms with Crippen molar-refractivity contribution in [1.29, 1.82) is 0 Å². The molecule has 0 spiro atoms. The lowest BCUT2D eigenvalue weighted by Crippen LogP contribution is -2.30. The lowest BCUT2D eigenvalue weighted by atomic mass is 10.0. The molecule has 0 aromatic heterocycles. The minimum Gasteiger partial charge on any atom is -0.463 e. The average Bonchev–Trinajstić information content (AvgIpc) is 3.18. The third kappa shape index (κ3) is 71.6. The van der Waals surface area contributed by atoms with Crippen molar-refractivity contribution in [3.8, 4) is 0 Å². The monoisotopic (exact) mass is 1380 g/mol. The van der Waals surface area contributed by atoms with E-state index in [2.05, 4.69) is 118 Å². The molecule has 0 saturated carbocycles. The number of carbonyl (C=O) groups excluding carboxylic acids is 3. The second kappa shape index (κ2) is 70.3. The molecule has 0 fully saturated rings. The van der Waals surface area contributed by atoms with Gasteiger partial charge in [-0.1, -0.05) is 279 Å². The van der Waals surface area contributed by atoms with Crippen LogP contribution < -0.4 is 0 Å². The molecular formula is C77H136O16P2. The Hall–Kier alpha value is -3.53. The molecule has 550 valence electrons. The van der Waals surface area contributed by atoms with E-state index in [1.165, 1.54) is 122 Å². The number of aliphatic hydroxyl groups is 2. The van der Waals surface area contributed by atoms with Crippen molar-refractivity contribution in [2.24, 2.45) is 0 Å². The zero-order chi connectivity index (χ0) is 69.5. The van der Waals surface area contributed by atoms with Crippen LogP contribution in [0.15, 0.2) is 97.2 Å². The number of carbonyl (C=O) groups is 3. The maximum absolute atomic E-state index is 12.9. The normalized spacial score (nSPS) is 14.6. The highest BCUT2D eigenvalue weighted by Crippen LogP contribution is 2.45. The van der Waals surface area contributed by atoms with Gasteiger partial charge in [-0.2, -0.15) is 0 Å². The van der Waals surface area contributed by atoms with Gasteiger partial charge >= 0.3 is 33.6 Å². The van der Waals surface area contributed by atoms with E-state index in [9.17, 15) is 43.5 Å². The fourth-order valence-corrected chi connectivity index (χ4v) is 11.6. The summed E-state index contributed by atoms with van der Waals surface area (Å²) in [5, 5.41) is 20.6. The van der Waals surface area contributed by atoms with Gasteiger partial charge < -0.3 is 34.2 Å². The van der Waals surface area contributed by atoms with Crippen LogP contribution in [0, 0.1) is 0 Å². The third-order valence-electron chi connectivity index (χ3n) is 15.8. The molecule has 0 aliphatic carbocycles. The Bertz CT molecular complexity index is 2120. The van der Waals surface area contributed by atoms with E-state index in [0.717, 1.165) is 135 Å². The second-order valence-corrected chi connectivity index (χ2v) is 28.0. The highest BCUT2D eigenvalue weighted by molar-refractivity contribution is 7.47. The number of phosphoric ester groups is 2. The highest BCUT2D eigenvalue weighted by Gasteiger charge is 2.29. The number of esters is 3. The van der Waals surface area contributed by atoms with Crippen molar-refractivity contribution < 1.29 is 75.8 Å². The molecule has 95 heavy (non-hydrogen) atoms. The zero-order valence-corrected chi connectivity index (χ0v) is 61.6. The first-order chi connectivity index (χ1) is 46.2. The van der Waals surface area contributed by atoms with Crippen molar-refractivity contribution in [3.63, 3.8) is 0 Å². The van der Waals surface area contributed by atoms with Crippen LogP contribution in [0.1, 0.15) is 316 Å². The van der Waals surface area contributed by atoms with E-state index >= 15 is 0 Å². The van der Waals surface area contributed by atoms with Crippen LogP contribution in [0.4, 0.5) is 0 Å². The van der Waals surface area contributed by atoms with Gasteiger partial charge in [0, 0.05) is 19.3 Å². The summed E-state index contributed by atoms with van der Waals surface area (Å²) in [6.45, 7) is 2.48. The Morgan fingerprint density at radius 3 is 0.926 bits per heavy atom. The Balaban J connectivity index is 4.32. The van der Waals surface area contributed by atoms with Gasteiger partial charge in [0.25, 0.3) is 0 Å². The second-order valence-electron chi connectivity index (χ2n) is 25.1. The van der Waals surface area contributed by atoms with Crippen LogP contribution >= 0.6 is 15.6 Å². The van der Waals surface area contributed by atoms with Crippen molar-refractivity contribution in [1.82, 2.24) is 0 Å². The van der Waals surface area contributed by atoms with E-state index in [-0.39, 0.29) is 19.3 Å². The lowest BCUT2D eigenvalue weighted by molar-refractivity contribution is -0.161. The molecule has 0 aromatic rings. The fourth-order valence-electron chi connectivity index (χ4n) is 10.0. The van der Waals surface area contributed by atoms with Gasteiger partial charge in [0.2, 0.25) is 0 Å². The number of phosphoric acid groups is 2. The number of hydrogen-bond donors (Lipinski definition) is 4. The molecule has 0 saturated heterocycles. The largest absolute Gasteiger partial charge is 0.472 e. The molecule has 0 aromatic carbocycles. The topological polar surface area (TPSA) is 231 Å². The van der Waals surface area contributed by atoms with Gasteiger partial charge in [0.15, 0.2) is 6.10 Å². The number of aliphatic hydroxyl groups excluding tert-OH is 2. The number of rotatable bonds is 71. The molecule has 0 heterocycles. The van der Waals surface area contributed by atoms with Crippen molar-refractivity contribution in [3.05, 3.63) is 97.2 Å². The molecule has 0 radical (unpaired) electrons. The Kier molecular flexibility index (Phi) is 67.7. The van der Waals surface area contributed by atoms with E-state index < -0.39 is 91.5 Å². The lowest BCUT2D eigenvalue weighted by Gasteiger charge is -2.21. The molecule has 18 heteroatoms. The number of allylic oxidation sites excluding steroid dienone is 16. The Morgan fingerprint density at radius 1 is 0.305 bits per heavy atom. The molecule has 0 bridgehead atoms. The van der Waals surface area contributed by atoms with Gasteiger partial charge in [0.05, 0.1) is 26.4 Å². The molecule has 4 N–H and O–H groups in total. The molecule has 5 unspecified atom stereocenters. The van der Waals surface area contributed by atoms with E-state index in [4.69, 9.17) is 32.3 Å². The molecule has 0 rings (SSSR count). The van der Waals surface area contributed by atoms with Crippen molar-refractivity contribution in [2.75, 3.05) is 39.6 Å². The molecule has 0 amide bonds. The van der Waals surface area contributed by atoms with Crippen LogP contribution in [0.25, 0.3) is 0 Å². The predicted molar refractivity (Wildman–Crippen MR) is 390 cm³/mol. The van der Waals surface area contributed by atoms with E-state index in [1.807, 2.05) is 0 Å². The SMILES string of the molecule is CC/C=C\C/C=C\C/C=C\C/C=C\C/C=C\CCCCCCCCCCCCCCCCCCCC(=O)OCC(O)COP(=O)(O)OCC(O)COP(=O)(O)OCC(COC(=O)CCCCCCC/C=C\C/C=C\CCCCC)OC(=O)CCCCCCC/C=C\CCCC. The van der Waals surface area contributed by atoms with Gasteiger partial charge in [-0.25, -0.2) is 9.13 Å². The summed E-state index contributed by atoms with van der Waals surface area (Å²) in [6, 6.07) is 0. The molecule has 0 aliphatic heterocycles. The van der Waals surface area contributed by atoms with Crippen LogP contribution in [0.2, 0.25) is 0 Å². The molecule has 16 nitrogen and oxygen atoms in total.